The molecule has 0 aromatic heterocycles. The fourth-order valence-corrected chi connectivity index (χ4v) is 5.82. The summed E-state index contributed by atoms with van der Waals surface area (Å²) >= 11 is 0. The predicted molar refractivity (Wildman–Crippen MR) is 187 cm³/mol. The number of nitrogens with zero attached hydrogens (tertiary/aromatic N) is 1. The molecule has 210 valence electrons. The van der Waals surface area contributed by atoms with E-state index >= 15 is 0 Å². The molecule has 0 spiro atoms. The largest absolute Gasteiger partial charge is 0.398 e. The Balaban J connectivity index is 1.28. The molecule has 0 saturated heterocycles. The highest BCUT2D eigenvalue weighted by molar-refractivity contribution is 5.89. The van der Waals surface area contributed by atoms with E-state index in [2.05, 4.69) is 169 Å². The highest BCUT2D eigenvalue weighted by atomic mass is 15.1. The number of benzene rings is 7. The first-order valence-electron chi connectivity index (χ1n) is 14.9. The summed E-state index contributed by atoms with van der Waals surface area (Å²) in [6.07, 6.45) is 0. The van der Waals surface area contributed by atoms with Gasteiger partial charge in [0.25, 0.3) is 0 Å². The van der Waals surface area contributed by atoms with Crippen LogP contribution in [-0.4, -0.2) is 0 Å². The van der Waals surface area contributed by atoms with E-state index in [0.717, 1.165) is 45.0 Å². The van der Waals surface area contributed by atoms with Gasteiger partial charge in [-0.2, -0.15) is 0 Å². The van der Waals surface area contributed by atoms with E-state index in [1.165, 1.54) is 22.3 Å². The molecule has 0 heterocycles. The van der Waals surface area contributed by atoms with Crippen molar-refractivity contribution in [1.29, 1.82) is 0 Å². The number of rotatable bonds is 7. The van der Waals surface area contributed by atoms with Crippen LogP contribution < -0.4 is 10.6 Å². The van der Waals surface area contributed by atoms with E-state index in [9.17, 15) is 0 Å². The average Bonchev–Trinajstić information content (AvgIpc) is 3.10. The van der Waals surface area contributed by atoms with Crippen molar-refractivity contribution < 1.29 is 0 Å². The lowest BCUT2D eigenvalue weighted by atomic mass is 9.93. The van der Waals surface area contributed by atoms with E-state index in [0.29, 0.717) is 0 Å². The second-order valence-corrected chi connectivity index (χ2v) is 10.8. The first-order chi connectivity index (χ1) is 21.7. The van der Waals surface area contributed by atoms with Crippen molar-refractivity contribution in [2.24, 2.45) is 0 Å². The van der Waals surface area contributed by atoms with E-state index in [-0.39, 0.29) is 0 Å². The van der Waals surface area contributed by atoms with Gasteiger partial charge in [0, 0.05) is 28.3 Å². The van der Waals surface area contributed by atoms with Crippen molar-refractivity contribution in [3.8, 4) is 44.5 Å². The van der Waals surface area contributed by atoms with Gasteiger partial charge in [-0.05, 0) is 81.4 Å². The molecule has 0 fully saturated rings. The molecule has 0 aliphatic heterocycles. The Bertz CT molecular complexity index is 1890. The van der Waals surface area contributed by atoms with Crippen LogP contribution in [0, 0.1) is 0 Å². The Morgan fingerprint density at radius 2 is 0.614 bits per heavy atom. The van der Waals surface area contributed by atoms with Gasteiger partial charge in [0.1, 0.15) is 0 Å². The van der Waals surface area contributed by atoms with Crippen molar-refractivity contribution in [1.82, 2.24) is 0 Å². The molecule has 0 unspecified atom stereocenters. The van der Waals surface area contributed by atoms with Gasteiger partial charge in [0.05, 0.1) is 0 Å². The summed E-state index contributed by atoms with van der Waals surface area (Å²) in [5.41, 5.74) is 19.7. The van der Waals surface area contributed by atoms with E-state index in [4.69, 9.17) is 5.73 Å². The number of anilines is 4. The van der Waals surface area contributed by atoms with Gasteiger partial charge in [-0.3, -0.25) is 0 Å². The standard InChI is InChI=1S/C42H32N2/c43-42-18-10-9-17-41(42)40-16-8-7-15-39(40)35-23-29-38(30-24-35)44(36-25-19-33(20-26-36)31-11-3-1-4-12-31)37-27-21-34(22-28-37)32-13-5-2-6-14-32/h1-30H,43H2. The Kier molecular flexibility index (Phi) is 7.47. The zero-order chi connectivity index (χ0) is 29.7. The molecule has 7 aromatic carbocycles. The number of hydrogen-bond acceptors (Lipinski definition) is 2. The molecule has 2 N–H and O–H groups in total. The summed E-state index contributed by atoms with van der Waals surface area (Å²) in [5, 5.41) is 0. The lowest BCUT2D eigenvalue weighted by molar-refractivity contribution is 1.28. The highest BCUT2D eigenvalue weighted by Gasteiger charge is 2.15. The van der Waals surface area contributed by atoms with Crippen LogP contribution in [0.15, 0.2) is 182 Å². The third-order valence-corrected chi connectivity index (χ3v) is 8.08. The van der Waals surface area contributed by atoms with Gasteiger partial charge in [0.2, 0.25) is 0 Å². The SMILES string of the molecule is Nc1ccccc1-c1ccccc1-c1ccc(N(c2ccc(-c3ccccc3)cc2)c2ccc(-c3ccccc3)cc2)cc1. The average molecular weight is 565 g/mol. The van der Waals surface area contributed by atoms with Crippen molar-refractivity contribution in [2.75, 3.05) is 10.6 Å². The minimum absolute atomic E-state index is 0.778. The second-order valence-electron chi connectivity index (χ2n) is 10.8. The smallest absolute Gasteiger partial charge is 0.0462 e. The maximum atomic E-state index is 6.38. The predicted octanol–water partition coefficient (Wildman–Crippen LogP) is 11.4. The molecular weight excluding hydrogens is 532 g/mol. The molecule has 2 heteroatoms. The fraction of sp³-hybridized carbons (Fsp3) is 0. The first-order valence-corrected chi connectivity index (χ1v) is 14.9. The zero-order valence-electron chi connectivity index (χ0n) is 24.3. The van der Waals surface area contributed by atoms with Crippen LogP contribution in [0.2, 0.25) is 0 Å². The number of hydrogen-bond donors (Lipinski definition) is 1. The summed E-state index contributed by atoms with van der Waals surface area (Å²) in [6.45, 7) is 0. The lowest BCUT2D eigenvalue weighted by Crippen LogP contribution is -2.09. The van der Waals surface area contributed by atoms with Gasteiger partial charge >= 0.3 is 0 Å². The number of nitrogen functional groups attached to an aromatic ring is 1. The Morgan fingerprint density at radius 3 is 1.07 bits per heavy atom. The summed E-state index contributed by atoms with van der Waals surface area (Å²) < 4.78 is 0. The lowest BCUT2D eigenvalue weighted by Gasteiger charge is -2.26. The van der Waals surface area contributed by atoms with Crippen LogP contribution in [0.4, 0.5) is 22.7 Å². The molecule has 0 saturated carbocycles. The second kappa shape index (κ2) is 12.2. The summed E-state index contributed by atoms with van der Waals surface area (Å²) in [5.74, 6) is 0. The number of nitrogens with two attached hydrogens (primary N) is 1. The van der Waals surface area contributed by atoms with Crippen molar-refractivity contribution in [3.05, 3.63) is 182 Å². The Hall–Kier alpha value is -5.86. The van der Waals surface area contributed by atoms with Gasteiger partial charge in [0.15, 0.2) is 0 Å². The van der Waals surface area contributed by atoms with Crippen LogP contribution in [0.25, 0.3) is 44.5 Å². The minimum Gasteiger partial charge on any atom is -0.398 e. The number of para-hydroxylation sites is 1. The van der Waals surface area contributed by atoms with E-state index in [1.54, 1.807) is 0 Å². The molecule has 0 aliphatic carbocycles. The van der Waals surface area contributed by atoms with Gasteiger partial charge in [-0.1, -0.05) is 140 Å². The third kappa shape index (κ3) is 5.49. The molecule has 44 heavy (non-hydrogen) atoms. The molecular formula is C42H32N2. The van der Waals surface area contributed by atoms with Crippen LogP contribution in [0.1, 0.15) is 0 Å². The maximum Gasteiger partial charge on any atom is 0.0462 e. The topological polar surface area (TPSA) is 29.3 Å². The molecule has 0 atom stereocenters. The minimum atomic E-state index is 0.778. The van der Waals surface area contributed by atoms with Gasteiger partial charge in [-0.15, -0.1) is 0 Å². The molecule has 7 rings (SSSR count). The summed E-state index contributed by atoms with van der Waals surface area (Å²) in [7, 11) is 0. The molecule has 0 radical (unpaired) electrons. The monoisotopic (exact) mass is 564 g/mol. The summed E-state index contributed by atoms with van der Waals surface area (Å²) in [4.78, 5) is 2.31. The van der Waals surface area contributed by atoms with Crippen molar-refractivity contribution in [3.63, 3.8) is 0 Å². The molecule has 7 aromatic rings. The van der Waals surface area contributed by atoms with Gasteiger partial charge in [-0.25, -0.2) is 0 Å². The van der Waals surface area contributed by atoms with Crippen molar-refractivity contribution >= 4 is 22.7 Å². The third-order valence-electron chi connectivity index (χ3n) is 8.08. The fourth-order valence-electron chi connectivity index (χ4n) is 5.82. The Morgan fingerprint density at radius 1 is 0.273 bits per heavy atom. The van der Waals surface area contributed by atoms with Crippen LogP contribution >= 0.6 is 0 Å². The molecule has 0 aliphatic rings. The van der Waals surface area contributed by atoms with Crippen LogP contribution in [0.5, 0.6) is 0 Å². The first kappa shape index (κ1) is 27.0. The molecule has 0 bridgehead atoms. The Labute approximate surface area is 259 Å². The van der Waals surface area contributed by atoms with E-state index < -0.39 is 0 Å². The van der Waals surface area contributed by atoms with E-state index in [1.807, 2.05) is 18.2 Å². The normalized spacial score (nSPS) is 10.8. The summed E-state index contributed by atoms with van der Waals surface area (Å²) in [6, 6.07) is 64.0. The quantitative estimate of drug-likeness (QED) is 0.195. The van der Waals surface area contributed by atoms with Crippen LogP contribution in [-0.2, 0) is 0 Å². The zero-order valence-corrected chi connectivity index (χ0v) is 24.3. The van der Waals surface area contributed by atoms with Crippen molar-refractivity contribution in [2.45, 2.75) is 0 Å². The van der Waals surface area contributed by atoms with Gasteiger partial charge < -0.3 is 10.6 Å². The van der Waals surface area contributed by atoms with Crippen LogP contribution in [0.3, 0.4) is 0 Å². The molecule has 0 amide bonds. The maximum absolute atomic E-state index is 6.38. The molecule has 2 nitrogen and oxygen atoms in total. The highest BCUT2D eigenvalue weighted by Crippen LogP contribution is 2.39.